The largest absolute Gasteiger partial charge is 0.390 e. The van der Waals surface area contributed by atoms with E-state index in [2.05, 4.69) is 17.1 Å². The van der Waals surface area contributed by atoms with Gasteiger partial charge in [-0.1, -0.05) is 19.3 Å². The second-order valence-electron chi connectivity index (χ2n) is 5.88. The molecular formula is C13H23F3N2. The molecule has 2 aliphatic rings. The molecule has 0 aromatic heterocycles. The van der Waals surface area contributed by atoms with Crippen LogP contribution < -0.4 is 5.32 Å². The minimum absolute atomic E-state index is 0.00396. The lowest BCUT2D eigenvalue weighted by molar-refractivity contribution is -0.144. The summed E-state index contributed by atoms with van der Waals surface area (Å²) in [6, 6.07) is 0.297. The zero-order valence-electron chi connectivity index (χ0n) is 11.0. The number of hydrogen-bond acceptors (Lipinski definition) is 2. The Kier molecular flexibility index (Phi) is 4.22. The van der Waals surface area contributed by atoms with Crippen molar-refractivity contribution < 1.29 is 13.2 Å². The van der Waals surface area contributed by atoms with Crippen molar-refractivity contribution >= 4 is 0 Å². The van der Waals surface area contributed by atoms with Crippen LogP contribution >= 0.6 is 0 Å². The van der Waals surface area contributed by atoms with Gasteiger partial charge in [0.1, 0.15) is 0 Å². The number of piperazine rings is 1. The third-order valence-electron chi connectivity index (χ3n) is 4.39. The second-order valence-corrected chi connectivity index (χ2v) is 5.88. The zero-order valence-corrected chi connectivity index (χ0v) is 11.0. The molecule has 1 N–H and O–H groups in total. The van der Waals surface area contributed by atoms with Crippen LogP contribution in [-0.4, -0.2) is 42.3 Å². The van der Waals surface area contributed by atoms with Crippen LogP contribution in [0.3, 0.4) is 0 Å². The summed E-state index contributed by atoms with van der Waals surface area (Å²) in [4.78, 5) is 2.11. The van der Waals surface area contributed by atoms with Crippen molar-refractivity contribution in [3.05, 3.63) is 0 Å². The molecule has 1 saturated carbocycles. The molecule has 2 rings (SSSR count). The summed E-state index contributed by atoms with van der Waals surface area (Å²) in [5, 5.41) is 3.45. The summed E-state index contributed by atoms with van der Waals surface area (Å²) < 4.78 is 37.3. The summed E-state index contributed by atoms with van der Waals surface area (Å²) >= 11 is 0. The van der Waals surface area contributed by atoms with Gasteiger partial charge in [0.25, 0.3) is 0 Å². The van der Waals surface area contributed by atoms with Crippen LogP contribution in [0.25, 0.3) is 0 Å². The first kappa shape index (κ1) is 14.1. The van der Waals surface area contributed by atoms with Crippen LogP contribution in [0.1, 0.15) is 45.4 Å². The van der Waals surface area contributed by atoms with Crippen molar-refractivity contribution in [3.8, 4) is 0 Å². The predicted molar refractivity (Wildman–Crippen MR) is 65.5 cm³/mol. The number of nitrogens with zero attached hydrogens (tertiary/aromatic N) is 1. The number of halogens is 3. The molecule has 0 aromatic carbocycles. The molecule has 1 unspecified atom stereocenters. The van der Waals surface area contributed by atoms with E-state index < -0.39 is 12.6 Å². The minimum Gasteiger partial charge on any atom is -0.311 e. The SMILES string of the molecule is CC1CN(CCC(F)(F)F)C2(CCCCC2)CN1. The van der Waals surface area contributed by atoms with Gasteiger partial charge in [0.05, 0.1) is 6.42 Å². The fourth-order valence-electron chi connectivity index (χ4n) is 3.36. The van der Waals surface area contributed by atoms with E-state index in [4.69, 9.17) is 0 Å². The van der Waals surface area contributed by atoms with Crippen molar-refractivity contribution in [3.63, 3.8) is 0 Å². The lowest BCUT2D eigenvalue weighted by atomic mass is 9.78. The Labute approximate surface area is 107 Å². The van der Waals surface area contributed by atoms with E-state index in [1.54, 1.807) is 0 Å². The van der Waals surface area contributed by atoms with Gasteiger partial charge in [-0.3, -0.25) is 4.90 Å². The molecule has 1 atom stereocenters. The van der Waals surface area contributed by atoms with Gasteiger partial charge in [-0.2, -0.15) is 13.2 Å². The molecule has 1 saturated heterocycles. The fraction of sp³-hybridized carbons (Fsp3) is 1.00. The first-order chi connectivity index (χ1) is 8.41. The van der Waals surface area contributed by atoms with Gasteiger partial charge in [0.2, 0.25) is 0 Å². The Bertz CT molecular complexity index is 272. The van der Waals surface area contributed by atoms with Crippen LogP contribution in [-0.2, 0) is 0 Å². The van der Waals surface area contributed by atoms with E-state index in [-0.39, 0.29) is 12.1 Å². The first-order valence-corrected chi connectivity index (χ1v) is 6.97. The van der Waals surface area contributed by atoms with Crippen LogP contribution in [0.2, 0.25) is 0 Å². The Hall–Kier alpha value is -0.290. The lowest BCUT2D eigenvalue weighted by Crippen LogP contribution is -2.64. The average Bonchev–Trinajstić information content (AvgIpc) is 2.31. The summed E-state index contributed by atoms with van der Waals surface area (Å²) in [5.74, 6) is 0. The second kappa shape index (κ2) is 5.37. The molecule has 0 aromatic rings. The van der Waals surface area contributed by atoms with Crippen molar-refractivity contribution in [2.24, 2.45) is 0 Å². The molecule has 2 fully saturated rings. The van der Waals surface area contributed by atoms with E-state index >= 15 is 0 Å². The van der Waals surface area contributed by atoms with E-state index in [1.165, 1.54) is 6.42 Å². The van der Waals surface area contributed by atoms with Gasteiger partial charge in [0, 0.05) is 31.2 Å². The monoisotopic (exact) mass is 264 g/mol. The standard InChI is InChI=1S/C13H23F3N2/c1-11-9-18(8-7-13(14,15)16)12(10-17-11)5-3-2-4-6-12/h11,17H,2-10H2,1H3. The summed E-state index contributed by atoms with van der Waals surface area (Å²) in [5.41, 5.74) is -0.00396. The summed E-state index contributed by atoms with van der Waals surface area (Å²) in [7, 11) is 0. The topological polar surface area (TPSA) is 15.3 Å². The van der Waals surface area contributed by atoms with E-state index in [1.807, 2.05) is 0 Å². The lowest BCUT2D eigenvalue weighted by Gasteiger charge is -2.51. The fourth-order valence-corrected chi connectivity index (χ4v) is 3.36. The molecule has 18 heavy (non-hydrogen) atoms. The Morgan fingerprint density at radius 3 is 2.50 bits per heavy atom. The quantitative estimate of drug-likeness (QED) is 0.825. The number of alkyl halides is 3. The molecule has 1 heterocycles. The number of nitrogens with one attached hydrogen (secondary N) is 1. The molecule has 5 heteroatoms. The van der Waals surface area contributed by atoms with Crippen LogP contribution in [0.5, 0.6) is 0 Å². The zero-order chi connectivity index (χ0) is 13.2. The summed E-state index contributed by atoms with van der Waals surface area (Å²) in [6.45, 7) is 3.81. The van der Waals surface area contributed by atoms with Crippen molar-refractivity contribution in [1.82, 2.24) is 10.2 Å². The third kappa shape index (κ3) is 3.38. The Morgan fingerprint density at radius 2 is 1.89 bits per heavy atom. The number of rotatable bonds is 2. The predicted octanol–water partition coefficient (Wildman–Crippen LogP) is 2.94. The first-order valence-electron chi connectivity index (χ1n) is 6.97. The van der Waals surface area contributed by atoms with E-state index in [9.17, 15) is 13.2 Å². The normalized spacial score (nSPS) is 29.7. The van der Waals surface area contributed by atoms with Gasteiger partial charge < -0.3 is 5.32 Å². The van der Waals surface area contributed by atoms with Crippen molar-refractivity contribution in [1.29, 1.82) is 0 Å². The third-order valence-corrected chi connectivity index (χ3v) is 4.39. The average molecular weight is 264 g/mol. The van der Waals surface area contributed by atoms with Gasteiger partial charge in [-0.05, 0) is 19.8 Å². The molecule has 1 aliphatic carbocycles. The Morgan fingerprint density at radius 1 is 1.22 bits per heavy atom. The van der Waals surface area contributed by atoms with E-state index in [0.717, 1.165) is 38.8 Å². The molecular weight excluding hydrogens is 241 g/mol. The smallest absolute Gasteiger partial charge is 0.311 e. The highest BCUT2D eigenvalue weighted by Crippen LogP contribution is 2.36. The van der Waals surface area contributed by atoms with Crippen LogP contribution in [0, 0.1) is 0 Å². The molecule has 0 amide bonds. The minimum atomic E-state index is -4.04. The highest BCUT2D eigenvalue weighted by molar-refractivity contribution is 4.99. The van der Waals surface area contributed by atoms with Gasteiger partial charge >= 0.3 is 6.18 Å². The van der Waals surface area contributed by atoms with Gasteiger partial charge in [0.15, 0.2) is 0 Å². The molecule has 0 bridgehead atoms. The van der Waals surface area contributed by atoms with Gasteiger partial charge in [-0.25, -0.2) is 0 Å². The molecule has 106 valence electrons. The maximum Gasteiger partial charge on any atom is 0.390 e. The molecule has 1 aliphatic heterocycles. The van der Waals surface area contributed by atoms with Gasteiger partial charge in [-0.15, -0.1) is 0 Å². The maximum atomic E-state index is 12.4. The van der Waals surface area contributed by atoms with Crippen molar-refractivity contribution in [2.45, 2.75) is 63.2 Å². The Balaban J connectivity index is 2.01. The molecule has 1 spiro atoms. The molecule has 0 radical (unpaired) electrons. The highest BCUT2D eigenvalue weighted by Gasteiger charge is 2.42. The van der Waals surface area contributed by atoms with Crippen molar-refractivity contribution in [2.75, 3.05) is 19.6 Å². The van der Waals surface area contributed by atoms with E-state index in [0.29, 0.717) is 6.04 Å². The maximum absolute atomic E-state index is 12.4. The van der Waals surface area contributed by atoms with Crippen LogP contribution in [0.4, 0.5) is 13.2 Å². The molecule has 2 nitrogen and oxygen atoms in total. The summed E-state index contributed by atoms with van der Waals surface area (Å²) in [6.07, 6.45) is 0.905. The number of hydrogen-bond donors (Lipinski definition) is 1. The highest BCUT2D eigenvalue weighted by atomic mass is 19.4. The van der Waals surface area contributed by atoms with Crippen LogP contribution in [0.15, 0.2) is 0 Å².